The largest absolute Gasteiger partial charge is 0.405 e. The van der Waals surface area contributed by atoms with Gasteiger partial charge in [-0.1, -0.05) is 0 Å². The molecule has 3 nitrogen and oxygen atoms in total. The molecular weight excluding hydrogens is 251 g/mol. The molecule has 0 aliphatic heterocycles. The highest BCUT2D eigenvalue weighted by Gasteiger charge is 2.30. The van der Waals surface area contributed by atoms with Crippen molar-refractivity contribution in [2.24, 2.45) is 0 Å². The Balaban J connectivity index is 2.86. The fourth-order valence-electron chi connectivity index (χ4n) is 1.43. The van der Waals surface area contributed by atoms with Crippen molar-refractivity contribution in [1.82, 2.24) is 10.3 Å². The minimum Gasteiger partial charge on any atom is -0.342 e. The zero-order valence-electron chi connectivity index (χ0n) is 10.2. The van der Waals surface area contributed by atoms with Gasteiger partial charge in [0.25, 0.3) is 0 Å². The normalized spacial score (nSPS) is 13.8. The molecule has 0 amide bonds. The van der Waals surface area contributed by atoms with Crippen molar-refractivity contribution in [3.05, 3.63) is 10.6 Å². The van der Waals surface area contributed by atoms with Gasteiger partial charge in [-0.05, 0) is 20.9 Å². The third-order valence-corrected chi connectivity index (χ3v) is 3.84. The highest BCUT2D eigenvalue weighted by atomic mass is 32.1. The lowest BCUT2D eigenvalue weighted by molar-refractivity contribution is -0.119. The zero-order chi connectivity index (χ0) is 13.2. The summed E-state index contributed by atoms with van der Waals surface area (Å²) in [7, 11) is 3.21. The summed E-state index contributed by atoms with van der Waals surface area (Å²) in [6.45, 7) is 2.78. The SMILES string of the molecule is CNC(C)c1sc(N(C)CC(F)(F)F)nc1C. The molecule has 0 saturated carbocycles. The molecule has 1 N–H and O–H groups in total. The number of thiazole rings is 1. The van der Waals surface area contributed by atoms with Crippen LogP contribution in [0.2, 0.25) is 0 Å². The van der Waals surface area contributed by atoms with Crippen molar-refractivity contribution < 1.29 is 13.2 Å². The Labute approximate surface area is 103 Å². The molecule has 1 unspecified atom stereocenters. The van der Waals surface area contributed by atoms with E-state index in [1.165, 1.54) is 18.4 Å². The number of anilines is 1. The molecule has 0 aliphatic carbocycles. The predicted molar refractivity (Wildman–Crippen MR) is 63.7 cm³/mol. The van der Waals surface area contributed by atoms with Gasteiger partial charge in [0.2, 0.25) is 0 Å². The second-order valence-corrected chi connectivity index (χ2v) is 4.94. The standard InChI is InChI=1S/C10H16F3N3S/c1-6(14-3)8-7(2)15-9(17-8)16(4)5-10(11,12)13/h6,14H,5H2,1-4H3. The van der Waals surface area contributed by atoms with E-state index in [0.717, 1.165) is 15.5 Å². The molecule has 7 heteroatoms. The van der Waals surface area contributed by atoms with Crippen molar-refractivity contribution >= 4 is 16.5 Å². The molecule has 98 valence electrons. The van der Waals surface area contributed by atoms with Crippen molar-refractivity contribution in [3.8, 4) is 0 Å². The lowest BCUT2D eigenvalue weighted by atomic mass is 10.2. The molecule has 0 fully saturated rings. The topological polar surface area (TPSA) is 28.2 Å². The van der Waals surface area contributed by atoms with Gasteiger partial charge >= 0.3 is 6.18 Å². The summed E-state index contributed by atoms with van der Waals surface area (Å²) in [5.74, 6) is 0. The van der Waals surface area contributed by atoms with Gasteiger partial charge in [-0.3, -0.25) is 0 Å². The maximum atomic E-state index is 12.2. The Kier molecular flexibility index (Phi) is 4.37. The zero-order valence-corrected chi connectivity index (χ0v) is 11.0. The third kappa shape index (κ3) is 3.85. The quantitative estimate of drug-likeness (QED) is 0.909. The van der Waals surface area contributed by atoms with Crippen LogP contribution in [0.1, 0.15) is 23.5 Å². The Bertz CT molecular complexity index is 375. The van der Waals surface area contributed by atoms with Crippen LogP contribution in [-0.4, -0.2) is 31.8 Å². The molecule has 1 aromatic heterocycles. The number of alkyl halides is 3. The number of aryl methyl sites for hydroxylation is 1. The summed E-state index contributed by atoms with van der Waals surface area (Å²) in [6, 6.07) is 0.0977. The number of hydrogen-bond donors (Lipinski definition) is 1. The lowest BCUT2D eigenvalue weighted by Gasteiger charge is -2.17. The van der Waals surface area contributed by atoms with Crippen LogP contribution in [0.25, 0.3) is 0 Å². The first kappa shape index (κ1) is 14.2. The molecule has 1 heterocycles. The number of nitrogens with zero attached hydrogens (tertiary/aromatic N) is 2. The van der Waals surface area contributed by atoms with Crippen molar-refractivity contribution in [2.45, 2.75) is 26.1 Å². The molecule has 0 radical (unpaired) electrons. The smallest absolute Gasteiger partial charge is 0.342 e. The van der Waals surface area contributed by atoms with Crippen LogP contribution in [0.5, 0.6) is 0 Å². The third-order valence-electron chi connectivity index (χ3n) is 2.39. The molecular formula is C10H16F3N3S. The number of halogens is 3. The fourth-order valence-corrected chi connectivity index (χ4v) is 2.51. The first-order valence-corrected chi connectivity index (χ1v) is 5.98. The van der Waals surface area contributed by atoms with Gasteiger partial charge in [0.05, 0.1) is 5.69 Å². The molecule has 1 rings (SSSR count). The monoisotopic (exact) mass is 267 g/mol. The molecule has 0 aromatic carbocycles. The first-order valence-electron chi connectivity index (χ1n) is 5.17. The highest BCUT2D eigenvalue weighted by molar-refractivity contribution is 7.15. The van der Waals surface area contributed by atoms with Gasteiger partial charge in [0, 0.05) is 18.0 Å². The first-order chi connectivity index (χ1) is 7.74. The molecule has 0 aliphatic rings. The molecule has 0 spiro atoms. The highest BCUT2D eigenvalue weighted by Crippen LogP contribution is 2.31. The van der Waals surface area contributed by atoms with E-state index in [0.29, 0.717) is 5.13 Å². The fraction of sp³-hybridized carbons (Fsp3) is 0.700. The van der Waals surface area contributed by atoms with Crippen LogP contribution in [0, 0.1) is 6.92 Å². The Morgan fingerprint density at radius 3 is 2.53 bits per heavy atom. The van der Waals surface area contributed by atoms with Crippen molar-refractivity contribution in [2.75, 3.05) is 25.5 Å². The van der Waals surface area contributed by atoms with Gasteiger partial charge in [-0.15, -0.1) is 11.3 Å². The maximum Gasteiger partial charge on any atom is 0.405 e. The van der Waals surface area contributed by atoms with Gasteiger partial charge in [0.15, 0.2) is 5.13 Å². The van der Waals surface area contributed by atoms with Crippen LogP contribution in [-0.2, 0) is 0 Å². The summed E-state index contributed by atoms with van der Waals surface area (Å²) in [5.41, 5.74) is 0.779. The van der Waals surface area contributed by atoms with E-state index in [1.54, 1.807) is 0 Å². The van der Waals surface area contributed by atoms with E-state index >= 15 is 0 Å². The predicted octanol–water partition coefficient (Wildman–Crippen LogP) is 2.73. The Morgan fingerprint density at radius 2 is 2.06 bits per heavy atom. The van der Waals surface area contributed by atoms with Crippen LogP contribution in [0.4, 0.5) is 18.3 Å². The van der Waals surface area contributed by atoms with Gasteiger partial charge in [0.1, 0.15) is 6.54 Å². The molecule has 17 heavy (non-hydrogen) atoms. The second-order valence-electron chi connectivity index (χ2n) is 3.93. The summed E-state index contributed by atoms with van der Waals surface area (Å²) < 4.78 is 36.7. The van der Waals surface area contributed by atoms with E-state index in [-0.39, 0.29) is 6.04 Å². The number of rotatable bonds is 4. The van der Waals surface area contributed by atoms with Crippen LogP contribution < -0.4 is 10.2 Å². The number of hydrogen-bond acceptors (Lipinski definition) is 4. The van der Waals surface area contributed by atoms with E-state index in [4.69, 9.17) is 0 Å². The van der Waals surface area contributed by atoms with E-state index in [1.807, 2.05) is 20.9 Å². The Morgan fingerprint density at radius 1 is 1.47 bits per heavy atom. The molecule has 0 saturated heterocycles. The second kappa shape index (κ2) is 5.22. The number of nitrogens with one attached hydrogen (secondary N) is 1. The van der Waals surface area contributed by atoms with Crippen LogP contribution in [0.3, 0.4) is 0 Å². The van der Waals surface area contributed by atoms with E-state index in [2.05, 4.69) is 10.3 Å². The van der Waals surface area contributed by atoms with Crippen molar-refractivity contribution in [1.29, 1.82) is 0 Å². The van der Waals surface area contributed by atoms with E-state index < -0.39 is 12.7 Å². The molecule has 0 bridgehead atoms. The Hall–Kier alpha value is -0.820. The minimum absolute atomic E-state index is 0.0977. The summed E-state index contributed by atoms with van der Waals surface area (Å²) in [5, 5.41) is 3.45. The summed E-state index contributed by atoms with van der Waals surface area (Å²) in [4.78, 5) is 6.27. The van der Waals surface area contributed by atoms with Crippen LogP contribution >= 0.6 is 11.3 Å². The van der Waals surface area contributed by atoms with Crippen LogP contribution in [0.15, 0.2) is 0 Å². The average molecular weight is 267 g/mol. The van der Waals surface area contributed by atoms with E-state index in [9.17, 15) is 13.2 Å². The number of aromatic nitrogens is 1. The maximum absolute atomic E-state index is 12.2. The molecule has 1 atom stereocenters. The van der Waals surface area contributed by atoms with Gasteiger partial charge < -0.3 is 10.2 Å². The summed E-state index contributed by atoms with van der Waals surface area (Å²) >= 11 is 1.29. The lowest BCUT2D eigenvalue weighted by Crippen LogP contribution is -2.30. The minimum atomic E-state index is -4.21. The average Bonchev–Trinajstić information content (AvgIpc) is 2.57. The van der Waals surface area contributed by atoms with Crippen molar-refractivity contribution in [3.63, 3.8) is 0 Å². The van der Waals surface area contributed by atoms with Gasteiger partial charge in [-0.2, -0.15) is 13.2 Å². The summed E-state index contributed by atoms with van der Waals surface area (Å²) in [6.07, 6.45) is -4.21. The van der Waals surface area contributed by atoms with Gasteiger partial charge in [-0.25, -0.2) is 4.98 Å². The molecule has 1 aromatic rings.